The van der Waals surface area contributed by atoms with Gasteiger partial charge in [-0.2, -0.15) is 0 Å². The van der Waals surface area contributed by atoms with Crippen LogP contribution < -0.4 is 0 Å². The van der Waals surface area contributed by atoms with Crippen molar-refractivity contribution in [3.8, 4) is 0 Å². The number of hydrogen-bond acceptors (Lipinski definition) is 2. The second-order valence-corrected chi connectivity index (χ2v) is 2.67. The monoisotopic (exact) mass is 165 g/mol. The van der Waals surface area contributed by atoms with E-state index in [2.05, 4.69) is 12.6 Å². The third-order valence-electron chi connectivity index (χ3n) is 1.62. The first-order valence-electron chi connectivity index (χ1n) is 3.55. The molecular weight excluding hydrogens is 156 g/mol. The number of aryl methyl sites for hydroxylation is 1. The molecule has 0 fully saturated rings. The first-order valence-corrected chi connectivity index (χ1v) is 3.95. The smallest absolute Gasteiger partial charge is 0.0425 e. The van der Waals surface area contributed by atoms with Crippen molar-refractivity contribution in [3.63, 3.8) is 0 Å². The highest BCUT2D eigenvalue weighted by atomic mass is 32.1. The van der Waals surface area contributed by atoms with Crippen molar-refractivity contribution in [1.82, 2.24) is 0 Å². The van der Waals surface area contributed by atoms with Crippen molar-refractivity contribution < 1.29 is 4.79 Å². The molecule has 0 aliphatic heterocycles. The Morgan fingerprint density at radius 3 is 2.55 bits per heavy atom. The Bertz CT molecular complexity index is 268. The molecule has 0 amide bonds. The van der Waals surface area contributed by atoms with Crippen molar-refractivity contribution in [2.24, 2.45) is 0 Å². The Hall–Kier alpha value is -0.890. The lowest BCUT2D eigenvalue weighted by molar-refractivity contribution is 0.108. The van der Waals surface area contributed by atoms with Gasteiger partial charge in [0.15, 0.2) is 0 Å². The van der Waals surface area contributed by atoms with Crippen LogP contribution in [0.2, 0.25) is 0 Å². The molecule has 0 aromatic heterocycles. The van der Waals surface area contributed by atoms with Crippen LogP contribution in [0.4, 0.5) is 0 Å². The predicted molar refractivity (Wildman–Crippen MR) is 47.5 cm³/mol. The minimum atomic E-state index is -0.262. The third-order valence-corrected chi connectivity index (χ3v) is 1.84. The van der Waals surface area contributed by atoms with Crippen molar-refractivity contribution in [2.75, 3.05) is 0 Å². The molecule has 1 nitrogen and oxygen atoms in total. The molecule has 0 spiro atoms. The van der Waals surface area contributed by atoms with E-state index in [1.54, 1.807) is 6.07 Å². The van der Waals surface area contributed by atoms with Crippen LogP contribution in [0.25, 0.3) is 0 Å². The molecule has 0 bridgehead atoms. The summed E-state index contributed by atoms with van der Waals surface area (Å²) in [5, 5.41) is -0.262. The standard InChI is InChI=1S/C9H10OS/c1-2-7-5-3-4-6-8(7)9(10)11/h3-6H,2H2,1H3,(H,10,11)/p-1. The molecule has 0 radical (unpaired) electrons. The maximum atomic E-state index is 10.8. The van der Waals surface area contributed by atoms with Crippen molar-refractivity contribution >= 4 is 17.7 Å². The average Bonchev–Trinajstić information content (AvgIpc) is 2.04. The summed E-state index contributed by atoms with van der Waals surface area (Å²) in [5.74, 6) is 0. The number of carbonyl (C=O) groups excluding carboxylic acids is 1. The highest BCUT2D eigenvalue weighted by molar-refractivity contribution is 7.77. The van der Waals surface area contributed by atoms with Crippen molar-refractivity contribution in [2.45, 2.75) is 13.3 Å². The summed E-state index contributed by atoms with van der Waals surface area (Å²) >= 11 is 4.56. The second-order valence-electron chi connectivity index (χ2n) is 2.30. The van der Waals surface area contributed by atoms with Crippen LogP contribution in [0, 0.1) is 0 Å². The Morgan fingerprint density at radius 2 is 2.09 bits per heavy atom. The van der Waals surface area contributed by atoms with E-state index in [4.69, 9.17) is 0 Å². The molecule has 2 heteroatoms. The van der Waals surface area contributed by atoms with E-state index < -0.39 is 0 Å². The lowest BCUT2D eigenvalue weighted by Gasteiger charge is -2.08. The fourth-order valence-corrected chi connectivity index (χ4v) is 1.23. The summed E-state index contributed by atoms with van der Waals surface area (Å²) in [4.78, 5) is 10.8. The van der Waals surface area contributed by atoms with Crippen LogP contribution in [-0.4, -0.2) is 5.12 Å². The van der Waals surface area contributed by atoms with E-state index in [0.29, 0.717) is 5.56 Å². The van der Waals surface area contributed by atoms with E-state index in [0.717, 1.165) is 12.0 Å². The van der Waals surface area contributed by atoms with Gasteiger partial charge in [0.2, 0.25) is 0 Å². The number of benzene rings is 1. The van der Waals surface area contributed by atoms with Gasteiger partial charge in [0, 0.05) is 5.12 Å². The van der Waals surface area contributed by atoms with Crippen LogP contribution in [0.3, 0.4) is 0 Å². The van der Waals surface area contributed by atoms with Crippen LogP contribution in [-0.2, 0) is 19.0 Å². The quantitative estimate of drug-likeness (QED) is 0.623. The largest absolute Gasteiger partial charge is 0.737 e. The maximum absolute atomic E-state index is 10.8. The molecule has 1 rings (SSSR count). The Labute approximate surface area is 71.8 Å². The van der Waals surface area contributed by atoms with Gasteiger partial charge in [-0.1, -0.05) is 31.2 Å². The van der Waals surface area contributed by atoms with E-state index in [-0.39, 0.29) is 5.12 Å². The zero-order valence-corrected chi connectivity index (χ0v) is 7.15. The van der Waals surface area contributed by atoms with Gasteiger partial charge in [-0.15, -0.1) is 0 Å². The molecule has 0 unspecified atom stereocenters. The van der Waals surface area contributed by atoms with Gasteiger partial charge in [0.05, 0.1) is 0 Å². The van der Waals surface area contributed by atoms with Gasteiger partial charge in [-0.05, 0) is 17.5 Å². The van der Waals surface area contributed by atoms with Gasteiger partial charge in [-0.3, -0.25) is 0 Å². The first kappa shape index (κ1) is 8.21. The Balaban J connectivity index is 3.12. The van der Waals surface area contributed by atoms with Crippen LogP contribution in [0.1, 0.15) is 22.8 Å². The lowest BCUT2D eigenvalue weighted by atomic mass is 10.1. The summed E-state index contributed by atoms with van der Waals surface area (Å²) in [6, 6.07) is 7.45. The number of hydrogen-bond donors (Lipinski definition) is 0. The third kappa shape index (κ3) is 1.77. The van der Waals surface area contributed by atoms with E-state index in [1.807, 2.05) is 25.1 Å². The average molecular weight is 165 g/mol. The predicted octanol–water partition coefficient (Wildman–Crippen LogP) is 1.94. The fourth-order valence-electron chi connectivity index (χ4n) is 1.03. The summed E-state index contributed by atoms with van der Waals surface area (Å²) < 4.78 is 0. The minimum Gasteiger partial charge on any atom is -0.737 e. The number of rotatable bonds is 2. The zero-order valence-electron chi connectivity index (χ0n) is 6.33. The van der Waals surface area contributed by atoms with Gasteiger partial charge in [0.1, 0.15) is 0 Å². The molecule has 0 saturated heterocycles. The van der Waals surface area contributed by atoms with Crippen LogP contribution in [0.5, 0.6) is 0 Å². The Kier molecular flexibility index (Phi) is 2.60. The maximum Gasteiger partial charge on any atom is 0.0425 e. The lowest BCUT2D eigenvalue weighted by Crippen LogP contribution is -1.98. The summed E-state index contributed by atoms with van der Waals surface area (Å²) in [6.45, 7) is 2.01. The SMILES string of the molecule is CCc1ccccc1C(=O)[S-]. The van der Waals surface area contributed by atoms with Gasteiger partial charge in [0.25, 0.3) is 0 Å². The number of carbonyl (C=O) groups is 1. The van der Waals surface area contributed by atoms with E-state index >= 15 is 0 Å². The van der Waals surface area contributed by atoms with Gasteiger partial charge >= 0.3 is 0 Å². The molecule has 1 aromatic rings. The fraction of sp³-hybridized carbons (Fsp3) is 0.222. The molecule has 0 atom stereocenters. The molecule has 0 heterocycles. The van der Waals surface area contributed by atoms with Crippen molar-refractivity contribution in [1.29, 1.82) is 0 Å². The molecule has 0 aliphatic rings. The molecule has 11 heavy (non-hydrogen) atoms. The van der Waals surface area contributed by atoms with E-state index in [9.17, 15) is 4.79 Å². The van der Waals surface area contributed by atoms with Crippen LogP contribution >= 0.6 is 0 Å². The normalized spacial score (nSPS) is 9.55. The highest BCUT2D eigenvalue weighted by Crippen LogP contribution is 2.08. The second kappa shape index (κ2) is 3.49. The summed E-state index contributed by atoms with van der Waals surface area (Å²) in [6.07, 6.45) is 0.860. The molecule has 1 aromatic carbocycles. The molecular formula is C9H9OS-. The van der Waals surface area contributed by atoms with Gasteiger partial charge < -0.3 is 17.4 Å². The van der Waals surface area contributed by atoms with E-state index in [1.165, 1.54) is 0 Å². The zero-order chi connectivity index (χ0) is 8.27. The van der Waals surface area contributed by atoms with Gasteiger partial charge in [-0.25, -0.2) is 0 Å². The molecule has 0 N–H and O–H groups in total. The molecule has 0 saturated carbocycles. The highest BCUT2D eigenvalue weighted by Gasteiger charge is 1.97. The summed E-state index contributed by atoms with van der Waals surface area (Å²) in [5.41, 5.74) is 1.71. The first-order chi connectivity index (χ1) is 5.25. The van der Waals surface area contributed by atoms with Crippen LogP contribution in [0.15, 0.2) is 24.3 Å². The van der Waals surface area contributed by atoms with Crippen molar-refractivity contribution in [3.05, 3.63) is 35.4 Å². The topological polar surface area (TPSA) is 17.1 Å². The Morgan fingerprint density at radius 1 is 1.45 bits per heavy atom. The molecule has 58 valence electrons. The summed E-state index contributed by atoms with van der Waals surface area (Å²) in [7, 11) is 0. The minimum absolute atomic E-state index is 0.262. The molecule has 0 aliphatic carbocycles.